The molecule has 0 radical (unpaired) electrons. The molecule has 1 amide bonds. The second-order valence-corrected chi connectivity index (χ2v) is 5.98. The van der Waals surface area contributed by atoms with Crippen LogP contribution in [-0.4, -0.2) is 54.9 Å². The first-order chi connectivity index (χ1) is 9.90. The largest absolute Gasteiger partial charge is 0.385 e. The van der Waals surface area contributed by atoms with Crippen molar-refractivity contribution < 1.29 is 14.6 Å². The zero-order valence-electron chi connectivity index (χ0n) is 12.9. The van der Waals surface area contributed by atoms with E-state index >= 15 is 0 Å². The molecule has 1 aromatic rings. The van der Waals surface area contributed by atoms with Gasteiger partial charge in [0.05, 0.1) is 6.10 Å². The second-order valence-electron chi connectivity index (χ2n) is 5.98. The van der Waals surface area contributed by atoms with Gasteiger partial charge in [-0.05, 0) is 38.7 Å². The summed E-state index contributed by atoms with van der Waals surface area (Å²) in [4.78, 5) is 14.2. The van der Waals surface area contributed by atoms with Crippen LogP contribution in [0.4, 0.5) is 0 Å². The molecule has 0 bridgehead atoms. The molecule has 0 aromatic heterocycles. The average molecular weight is 292 g/mol. The monoisotopic (exact) mass is 292 g/mol. The first kappa shape index (κ1) is 15.9. The van der Waals surface area contributed by atoms with Gasteiger partial charge >= 0.3 is 0 Å². The van der Waals surface area contributed by atoms with E-state index in [0.717, 1.165) is 12.1 Å². The SMILES string of the molecule is CC1OCCC1(O)CNC(=O)c1ccc(CN(C)C)cc1. The number of ether oxygens (including phenoxy) is 1. The van der Waals surface area contributed by atoms with E-state index in [1.54, 1.807) is 0 Å². The lowest BCUT2D eigenvalue weighted by Crippen LogP contribution is -2.47. The van der Waals surface area contributed by atoms with Gasteiger partial charge in [0.15, 0.2) is 0 Å². The number of hydrogen-bond acceptors (Lipinski definition) is 4. The van der Waals surface area contributed by atoms with Gasteiger partial charge in [0.2, 0.25) is 0 Å². The molecule has 1 heterocycles. The number of aliphatic hydroxyl groups is 1. The van der Waals surface area contributed by atoms with Gasteiger partial charge in [0, 0.05) is 31.7 Å². The summed E-state index contributed by atoms with van der Waals surface area (Å²) in [5, 5.41) is 13.1. The van der Waals surface area contributed by atoms with Crippen LogP contribution >= 0.6 is 0 Å². The Bertz CT molecular complexity index is 487. The van der Waals surface area contributed by atoms with E-state index in [-0.39, 0.29) is 18.6 Å². The molecule has 0 saturated carbocycles. The lowest BCUT2D eigenvalue weighted by molar-refractivity contribution is -0.0251. The summed E-state index contributed by atoms with van der Waals surface area (Å²) in [5.41, 5.74) is 0.807. The summed E-state index contributed by atoms with van der Waals surface area (Å²) in [6.07, 6.45) is 0.302. The Balaban J connectivity index is 1.91. The summed E-state index contributed by atoms with van der Waals surface area (Å²) in [5.74, 6) is -0.168. The van der Waals surface area contributed by atoms with E-state index in [0.29, 0.717) is 18.6 Å². The van der Waals surface area contributed by atoms with Crippen molar-refractivity contribution in [3.63, 3.8) is 0 Å². The van der Waals surface area contributed by atoms with Gasteiger partial charge in [-0.3, -0.25) is 4.79 Å². The van der Waals surface area contributed by atoms with Gasteiger partial charge in [-0.2, -0.15) is 0 Å². The van der Waals surface area contributed by atoms with Crippen molar-refractivity contribution in [1.82, 2.24) is 10.2 Å². The first-order valence-electron chi connectivity index (χ1n) is 7.26. The summed E-state index contributed by atoms with van der Waals surface area (Å²) < 4.78 is 5.35. The molecule has 2 N–H and O–H groups in total. The van der Waals surface area contributed by atoms with Gasteiger partial charge in [0.25, 0.3) is 5.91 Å². The number of carbonyl (C=O) groups is 1. The van der Waals surface area contributed by atoms with Crippen molar-refractivity contribution in [3.8, 4) is 0 Å². The molecule has 1 fully saturated rings. The van der Waals surface area contributed by atoms with Crippen LogP contribution in [0, 0.1) is 0 Å². The van der Waals surface area contributed by atoms with Crippen molar-refractivity contribution in [3.05, 3.63) is 35.4 Å². The normalized spacial score (nSPS) is 25.3. The molecule has 0 aliphatic carbocycles. The Hall–Kier alpha value is -1.43. The Labute approximate surface area is 125 Å². The Morgan fingerprint density at radius 1 is 1.43 bits per heavy atom. The van der Waals surface area contributed by atoms with Crippen LogP contribution in [0.5, 0.6) is 0 Å². The molecule has 2 atom stereocenters. The quantitative estimate of drug-likeness (QED) is 0.850. The van der Waals surface area contributed by atoms with E-state index in [1.807, 2.05) is 45.3 Å². The average Bonchev–Trinajstić information content (AvgIpc) is 2.77. The summed E-state index contributed by atoms with van der Waals surface area (Å²) in [6.45, 7) is 3.42. The predicted octanol–water partition coefficient (Wildman–Crippen LogP) is 1.02. The van der Waals surface area contributed by atoms with E-state index in [4.69, 9.17) is 4.74 Å². The number of nitrogens with one attached hydrogen (secondary N) is 1. The molecule has 1 saturated heterocycles. The molecule has 5 nitrogen and oxygen atoms in total. The molecular formula is C16H24N2O3. The fourth-order valence-corrected chi connectivity index (χ4v) is 2.47. The van der Waals surface area contributed by atoms with Crippen molar-refractivity contribution >= 4 is 5.91 Å². The molecule has 1 aliphatic rings. The summed E-state index contributed by atoms with van der Waals surface area (Å²) in [7, 11) is 4.01. The van der Waals surface area contributed by atoms with E-state index in [2.05, 4.69) is 10.2 Å². The van der Waals surface area contributed by atoms with Gasteiger partial charge in [0.1, 0.15) is 5.60 Å². The lowest BCUT2D eigenvalue weighted by Gasteiger charge is -2.26. The smallest absolute Gasteiger partial charge is 0.251 e. The molecule has 2 rings (SSSR count). The van der Waals surface area contributed by atoms with Crippen LogP contribution in [-0.2, 0) is 11.3 Å². The Morgan fingerprint density at radius 2 is 2.10 bits per heavy atom. The zero-order valence-corrected chi connectivity index (χ0v) is 12.9. The highest BCUT2D eigenvalue weighted by Crippen LogP contribution is 2.24. The summed E-state index contributed by atoms with van der Waals surface area (Å²) >= 11 is 0. The molecule has 0 spiro atoms. The van der Waals surface area contributed by atoms with Gasteiger partial charge in [-0.25, -0.2) is 0 Å². The standard InChI is InChI=1S/C16H24N2O3/c1-12-16(20,8-9-21-12)11-17-15(19)14-6-4-13(5-7-14)10-18(2)3/h4-7,12,20H,8-11H2,1-3H3,(H,17,19). The van der Waals surface area contributed by atoms with Crippen molar-refractivity contribution in [2.24, 2.45) is 0 Å². The highest BCUT2D eigenvalue weighted by molar-refractivity contribution is 5.94. The number of carbonyl (C=O) groups excluding carboxylic acids is 1. The van der Waals surface area contributed by atoms with E-state index in [9.17, 15) is 9.90 Å². The van der Waals surface area contributed by atoms with Crippen LogP contribution < -0.4 is 5.32 Å². The molecule has 1 aromatic carbocycles. The van der Waals surface area contributed by atoms with Gasteiger partial charge in [-0.15, -0.1) is 0 Å². The van der Waals surface area contributed by atoms with Crippen LogP contribution in [0.3, 0.4) is 0 Å². The minimum Gasteiger partial charge on any atom is -0.385 e. The zero-order chi connectivity index (χ0) is 15.5. The van der Waals surface area contributed by atoms with Crippen LogP contribution in [0.15, 0.2) is 24.3 Å². The number of amides is 1. The van der Waals surface area contributed by atoms with Crippen molar-refractivity contribution in [2.75, 3.05) is 27.2 Å². The molecule has 2 unspecified atom stereocenters. The van der Waals surface area contributed by atoms with Crippen LogP contribution in [0.2, 0.25) is 0 Å². The minimum atomic E-state index is -0.958. The maximum Gasteiger partial charge on any atom is 0.251 e. The number of rotatable bonds is 5. The van der Waals surface area contributed by atoms with Crippen molar-refractivity contribution in [1.29, 1.82) is 0 Å². The van der Waals surface area contributed by atoms with Gasteiger partial charge < -0.3 is 20.1 Å². The minimum absolute atomic E-state index is 0.168. The third-order valence-electron chi connectivity index (χ3n) is 3.93. The highest BCUT2D eigenvalue weighted by atomic mass is 16.5. The fraction of sp³-hybridized carbons (Fsp3) is 0.562. The number of benzene rings is 1. The van der Waals surface area contributed by atoms with Gasteiger partial charge in [-0.1, -0.05) is 12.1 Å². The maximum atomic E-state index is 12.1. The fourth-order valence-electron chi connectivity index (χ4n) is 2.47. The second kappa shape index (κ2) is 6.56. The summed E-state index contributed by atoms with van der Waals surface area (Å²) in [6, 6.07) is 7.52. The topological polar surface area (TPSA) is 61.8 Å². The molecule has 21 heavy (non-hydrogen) atoms. The van der Waals surface area contributed by atoms with Crippen LogP contribution in [0.1, 0.15) is 29.3 Å². The third kappa shape index (κ3) is 4.03. The molecular weight excluding hydrogens is 268 g/mol. The molecule has 1 aliphatic heterocycles. The predicted molar refractivity (Wildman–Crippen MR) is 81.1 cm³/mol. The first-order valence-corrected chi connectivity index (χ1v) is 7.26. The third-order valence-corrected chi connectivity index (χ3v) is 3.93. The highest BCUT2D eigenvalue weighted by Gasteiger charge is 2.39. The number of hydrogen-bond donors (Lipinski definition) is 2. The molecule has 116 valence electrons. The Morgan fingerprint density at radius 3 is 2.62 bits per heavy atom. The number of nitrogens with zero attached hydrogens (tertiary/aromatic N) is 1. The lowest BCUT2D eigenvalue weighted by atomic mass is 9.96. The van der Waals surface area contributed by atoms with E-state index < -0.39 is 5.60 Å². The Kier molecular flexibility index (Phi) is 4.98. The molecule has 5 heteroatoms. The van der Waals surface area contributed by atoms with E-state index in [1.165, 1.54) is 0 Å². The maximum absolute atomic E-state index is 12.1. The van der Waals surface area contributed by atoms with Crippen LogP contribution in [0.25, 0.3) is 0 Å². The van der Waals surface area contributed by atoms with Crippen molar-refractivity contribution in [2.45, 2.75) is 31.6 Å².